The molecule has 1 atom stereocenters. The molecule has 0 aromatic heterocycles. The van der Waals surface area contributed by atoms with Gasteiger partial charge in [-0.15, -0.1) is 0 Å². The summed E-state index contributed by atoms with van der Waals surface area (Å²) in [4.78, 5) is 0. The summed E-state index contributed by atoms with van der Waals surface area (Å²) in [6.45, 7) is 8.24. The van der Waals surface area contributed by atoms with Crippen LogP contribution in [0, 0.1) is 0 Å². The Balaban J connectivity index is 2.61. The van der Waals surface area contributed by atoms with Crippen LogP contribution in [0.5, 0.6) is 0 Å². The molecule has 0 bridgehead atoms. The molecule has 0 aromatic carbocycles. The lowest BCUT2D eigenvalue weighted by molar-refractivity contribution is 0.0431. The maximum Gasteiger partial charge on any atom is 0.141 e. The van der Waals surface area contributed by atoms with E-state index in [1.807, 2.05) is 26.0 Å². The lowest BCUT2D eigenvalue weighted by Gasteiger charge is -2.32. The lowest BCUT2D eigenvalue weighted by Crippen LogP contribution is -2.49. The van der Waals surface area contributed by atoms with Crippen molar-refractivity contribution in [2.45, 2.75) is 51.9 Å². The summed E-state index contributed by atoms with van der Waals surface area (Å²) in [5.41, 5.74) is 0.170. The lowest BCUT2D eigenvalue weighted by atomic mass is 10.0. The van der Waals surface area contributed by atoms with Gasteiger partial charge in [0.2, 0.25) is 0 Å². The Bertz CT molecular complexity index is 269. The van der Waals surface area contributed by atoms with Crippen LogP contribution in [0.4, 0.5) is 0 Å². The van der Waals surface area contributed by atoms with Gasteiger partial charge >= 0.3 is 0 Å². The highest BCUT2D eigenvalue weighted by molar-refractivity contribution is 5.23. The zero-order chi connectivity index (χ0) is 11.5. The van der Waals surface area contributed by atoms with Gasteiger partial charge < -0.3 is 10.4 Å². The first-order valence-corrected chi connectivity index (χ1v) is 5.56. The van der Waals surface area contributed by atoms with Crippen LogP contribution < -0.4 is 10.6 Å². The Morgan fingerprint density at radius 3 is 2.47 bits per heavy atom. The summed E-state index contributed by atoms with van der Waals surface area (Å²) in [7, 11) is 0. The molecule has 3 nitrogen and oxygen atoms in total. The van der Waals surface area contributed by atoms with Gasteiger partial charge in [-0.25, -0.2) is 0 Å². The second-order valence-corrected chi connectivity index (χ2v) is 4.75. The highest BCUT2D eigenvalue weighted by Gasteiger charge is 2.27. The second-order valence-electron chi connectivity index (χ2n) is 4.75. The minimum absolute atomic E-state index is 0.262. The number of rotatable bonds is 4. The monoisotopic (exact) mass is 210 g/mol. The number of hydrogen-bond donors (Lipinski definition) is 3. The van der Waals surface area contributed by atoms with Crippen molar-refractivity contribution in [2.75, 3.05) is 0 Å². The highest BCUT2D eigenvalue weighted by Crippen LogP contribution is 2.19. The molecule has 1 rings (SSSR count). The summed E-state index contributed by atoms with van der Waals surface area (Å²) < 4.78 is 0. The minimum atomic E-state index is -0.903. The first-order valence-electron chi connectivity index (χ1n) is 5.56. The molecule has 0 spiro atoms. The van der Waals surface area contributed by atoms with Crippen LogP contribution >= 0.6 is 0 Å². The van der Waals surface area contributed by atoms with Gasteiger partial charge in [0.15, 0.2) is 0 Å². The van der Waals surface area contributed by atoms with Gasteiger partial charge in [0.1, 0.15) is 5.72 Å². The molecule has 1 aliphatic carbocycles. The quantitative estimate of drug-likeness (QED) is 0.616. The number of nitrogens with one attached hydrogen (secondary N) is 2. The first-order chi connectivity index (χ1) is 6.91. The normalized spacial score (nSPS) is 25.9. The van der Waals surface area contributed by atoms with E-state index < -0.39 is 5.72 Å². The van der Waals surface area contributed by atoms with E-state index >= 15 is 0 Å². The molecule has 0 fully saturated rings. The van der Waals surface area contributed by atoms with Crippen LogP contribution in [0.25, 0.3) is 0 Å². The Labute approximate surface area is 92.3 Å². The van der Waals surface area contributed by atoms with Crippen LogP contribution in [0.3, 0.4) is 0 Å². The largest absolute Gasteiger partial charge is 0.386 e. The van der Waals surface area contributed by atoms with Gasteiger partial charge in [0.05, 0.1) is 0 Å². The van der Waals surface area contributed by atoms with Gasteiger partial charge in [0, 0.05) is 24.2 Å². The predicted octanol–water partition coefficient (Wildman–Crippen LogP) is 1.51. The molecule has 0 heterocycles. The zero-order valence-corrected chi connectivity index (χ0v) is 10.0. The zero-order valence-electron chi connectivity index (χ0n) is 10.0. The summed E-state index contributed by atoms with van der Waals surface area (Å²) in [6.07, 6.45) is 6.30. The van der Waals surface area contributed by atoms with Crippen LogP contribution in [-0.2, 0) is 0 Å². The van der Waals surface area contributed by atoms with E-state index in [4.69, 9.17) is 0 Å². The number of hydrogen-bond acceptors (Lipinski definition) is 3. The maximum atomic E-state index is 10.2. The summed E-state index contributed by atoms with van der Waals surface area (Å²) in [6, 6.07) is 0.657. The van der Waals surface area contributed by atoms with Crippen LogP contribution in [-0.4, -0.2) is 22.9 Å². The number of allylic oxidation sites excluding steroid dienone is 2. The van der Waals surface area contributed by atoms with Crippen molar-refractivity contribution in [3.63, 3.8) is 0 Å². The Hall–Kier alpha value is -0.800. The molecule has 3 N–H and O–H groups in total. The van der Waals surface area contributed by atoms with Gasteiger partial charge in [-0.2, -0.15) is 0 Å². The molecule has 0 saturated carbocycles. The van der Waals surface area contributed by atoms with Crippen molar-refractivity contribution in [3.8, 4) is 0 Å². The van der Waals surface area contributed by atoms with Crippen molar-refractivity contribution in [2.24, 2.45) is 0 Å². The molecule has 0 radical (unpaired) electrons. The molecule has 0 saturated heterocycles. The number of aliphatic hydroxyl groups is 1. The van der Waals surface area contributed by atoms with Gasteiger partial charge in [-0.1, -0.05) is 6.08 Å². The van der Waals surface area contributed by atoms with Crippen molar-refractivity contribution >= 4 is 0 Å². The Morgan fingerprint density at radius 1 is 1.27 bits per heavy atom. The second kappa shape index (κ2) is 4.81. The van der Waals surface area contributed by atoms with E-state index in [1.165, 1.54) is 0 Å². The van der Waals surface area contributed by atoms with Crippen LogP contribution in [0.15, 0.2) is 23.9 Å². The fourth-order valence-electron chi connectivity index (χ4n) is 1.80. The van der Waals surface area contributed by atoms with E-state index in [9.17, 15) is 5.11 Å². The fourth-order valence-corrected chi connectivity index (χ4v) is 1.80. The molecule has 15 heavy (non-hydrogen) atoms. The smallest absolute Gasteiger partial charge is 0.141 e. The highest BCUT2D eigenvalue weighted by atomic mass is 16.3. The SMILES string of the molecule is CC(C)NC1=CC=CC(O)(NC(C)C)C1. The molecular formula is C12H22N2O. The standard InChI is InChI=1S/C12H22N2O/c1-9(2)13-11-6-5-7-12(15,8-11)14-10(3)4/h5-7,9-10,13-15H,8H2,1-4H3. The molecule has 3 heteroatoms. The predicted molar refractivity (Wildman–Crippen MR) is 63.3 cm³/mol. The Kier molecular flexibility index (Phi) is 3.94. The summed E-state index contributed by atoms with van der Waals surface area (Å²) in [5, 5.41) is 16.7. The van der Waals surface area contributed by atoms with Crippen LogP contribution in [0.2, 0.25) is 0 Å². The van der Waals surface area contributed by atoms with E-state index in [0.717, 1.165) is 5.70 Å². The average molecular weight is 210 g/mol. The molecule has 0 amide bonds. The summed E-state index contributed by atoms with van der Waals surface area (Å²) in [5.74, 6) is 0. The molecule has 86 valence electrons. The topological polar surface area (TPSA) is 44.3 Å². The van der Waals surface area contributed by atoms with Crippen molar-refractivity contribution in [1.29, 1.82) is 0 Å². The molecule has 1 aliphatic rings. The van der Waals surface area contributed by atoms with Crippen LogP contribution in [0.1, 0.15) is 34.1 Å². The molecule has 0 aromatic rings. The van der Waals surface area contributed by atoms with Gasteiger partial charge in [0.25, 0.3) is 0 Å². The van der Waals surface area contributed by atoms with Crippen molar-refractivity contribution in [3.05, 3.63) is 23.9 Å². The van der Waals surface area contributed by atoms with Crippen molar-refractivity contribution in [1.82, 2.24) is 10.6 Å². The van der Waals surface area contributed by atoms with Crippen molar-refractivity contribution < 1.29 is 5.11 Å². The van der Waals surface area contributed by atoms with E-state index in [1.54, 1.807) is 6.08 Å². The molecule has 1 unspecified atom stereocenters. The van der Waals surface area contributed by atoms with E-state index in [-0.39, 0.29) is 6.04 Å². The first kappa shape index (κ1) is 12.3. The van der Waals surface area contributed by atoms with Gasteiger partial charge in [-0.3, -0.25) is 5.32 Å². The maximum absolute atomic E-state index is 10.2. The minimum Gasteiger partial charge on any atom is -0.386 e. The third-order valence-electron chi connectivity index (χ3n) is 2.14. The molecule has 0 aliphatic heterocycles. The average Bonchev–Trinajstić information content (AvgIpc) is 1.99. The van der Waals surface area contributed by atoms with E-state index in [2.05, 4.69) is 24.5 Å². The third-order valence-corrected chi connectivity index (χ3v) is 2.14. The summed E-state index contributed by atoms with van der Waals surface area (Å²) >= 11 is 0. The third kappa shape index (κ3) is 4.06. The van der Waals surface area contributed by atoms with E-state index in [0.29, 0.717) is 12.5 Å². The fraction of sp³-hybridized carbons (Fsp3) is 0.667. The Morgan fingerprint density at radius 2 is 1.93 bits per heavy atom. The molecular weight excluding hydrogens is 188 g/mol. The van der Waals surface area contributed by atoms with Gasteiger partial charge in [-0.05, 0) is 39.8 Å².